The Morgan fingerprint density at radius 2 is 2.54 bits per heavy atom. The highest BCUT2D eigenvalue weighted by atomic mass is 16.1. The Kier molecular flexibility index (Phi) is 3.17. The van der Waals surface area contributed by atoms with Gasteiger partial charge in [-0.1, -0.05) is 0 Å². The molecule has 1 rings (SSSR count). The molecule has 13 heavy (non-hydrogen) atoms. The molecule has 0 aliphatic rings. The van der Waals surface area contributed by atoms with Crippen molar-refractivity contribution >= 4 is 0 Å². The lowest BCUT2D eigenvalue weighted by Crippen LogP contribution is -2.18. The number of H-pyrrole nitrogens is 1. The van der Waals surface area contributed by atoms with Gasteiger partial charge in [-0.2, -0.15) is 5.26 Å². The predicted molar refractivity (Wildman–Crippen MR) is 47.2 cm³/mol. The summed E-state index contributed by atoms with van der Waals surface area (Å²) in [6, 6.07) is 1.76. The van der Waals surface area contributed by atoms with Gasteiger partial charge in [-0.05, 0) is 7.05 Å². The van der Waals surface area contributed by atoms with Crippen molar-refractivity contribution < 1.29 is 0 Å². The molecule has 5 heteroatoms. The molecule has 0 aliphatic heterocycles. The van der Waals surface area contributed by atoms with Gasteiger partial charge in [-0.25, -0.2) is 4.98 Å². The molecule has 0 aromatic carbocycles. The lowest BCUT2D eigenvalue weighted by atomic mass is 10.3. The van der Waals surface area contributed by atoms with Gasteiger partial charge in [0, 0.05) is 13.0 Å². The van der Waals surface area contributed by atoms with Gasteiger partial charge in [0.25, 0.3) is 5.56 Å². The van der Waals surface area contributed by atoms with Gasteiger partial charge in [0.15, 0.2) is 0 Å². The first-order valence-corrected chi connectivity index (χ1v) is 3.91. The summed E-state index contributed by atoms with van der Waals surface area (Å²) in [5.41, 5.74) is -0.322. The number of aromatic nitrogens is 2. The first kappa shape index (κ1) is 9.42. The molecule has 0 radical (unpaired) electrons. The molecule has 0 bridgehead atoms. The zero-order valence-corrected chi connectivity index (χ0v) is 7.29. The molecule has 0 amide bonds. The summed E-state index contributed by atoms with van der Waals surface area (Å²) in [5.74, 6) is 0.596. The molecule has 5 nitrogen and oxygen atoms in total. The van der Waals surface area contributed by atoms with Gasteiger partial charge in [-0.3, -0.25) is 4.79 Å². The van der Waals surface area contributed by atoms with Crippen LogP contribution in [0.2, 0.25) is 0 Å². The average Bonchev–Trinajstić information content (AvgIpc) is 2.15. The summed E-state index contributed by atoms with van der Waals surface area (Å²) in [7, 11) is 1.82. The number of nitrogens with one attached hydrogen (secondary N) is 2. The number of rotatable bonds is 3. The molecule has 1 heterocycles. The van der Waals surface area contributed by atoms with Crippen LogP contribution in [-0.2, 0) is 6.42 Å². The van der Waals surface area contributed by atoms with Gasteiger partial charge in [-0.15, -0.1) is 0 Å². The van der Waals surface area contributed by atoms with Gasteiger partial charge >= 0.3 is 0 Å². The molecule has 1 aromatic heterocycles. The van der Waals surface area contributed by atoms with E-state index in [9.17, 15) is 4.79 Å². The first-order valence-electron chi connectivity index (χ1n) is 3.91. The van der Waals surface area contributed by atoms with E-state index < -0.39 is 0 Å². The zero-order chi connectivity index (χ0) is 9.68. The number of hydrogen-bond acceptors (Lipinski definition) is 4. The second-order valence-electron chi connectivity index (χ2n) is 2.54. The van der Waals surface area contributed by atoms with Gasteiger partial charge in [0.05, 0.1) is 6.20 Å². The molecule has 1 aromatic rings. The summed E-state index contributed by atoms with van der Waals surface area (Å²) < 4.78 is 0. The second-order valence-corrected chi connectivity index (χ2v) is 2.54. The molecule has 0 fully saturated rings. The Hall–Kier alpha value is -1.67. The molecule has 2 N–H and O–H groups in total. The van der Waals surface area contributed by atoms with Crippen LogP contribution < -0.4 is 10.9 Å². The standard InChI is InChI=1S/C8H10N4O/c1-10-3-2-7-11-5-6(4-9)8(13)12-7/h5,10H,2-3H2,1H3,(H,11,12,13). The molecule has 0 saturated carbocycles. The third-order valence-corrected chi connectivity index (χ3v) is 1.58. The highest BCUT2D eigenvalue weighted by molar-refractivity contribution is 5.21. The van der Waals surface area contributed by atoms with Crippen LogP contribution in [-0.4, -0.2) is 23.6 Å². The van der Waals surface area contributed by atoms with Crippen LogP contribution in [0.4, 0.5) is 0 Å². The number of aromatic amines is 1. The Morgan fingerprint density at radius 1 is 1.77 bits per heavy atom. The van der Waals surface area contributed by atoms with Crippen molar-refractivity contribution in [3.8, 4) is 6.07 Å². The number of likely N-dealkylation sites (N-methyl/N-ethyl adjacent to an activating group) is 1. The fraction of sp³-hybridized carbons (Fsp3) is 0.375. The topological polar surface area (TPSA) is 81.6 Å². The Labute approximate surface area is 75.4 Å². The minimum Gasteiger partial charge on any atom is -0.319 e. The van der Waals surface area contributed by atoms with E-state index >= 15 is 0 Å². The molecular weight excluding hydrogens is 168 g/mol. The van der Waals surface area contributed by atoms with Crippen molar-refractivity contribution in [3.05, 3.63) is 27.9 Å². The lowest BCUT2D eigenvalue weighted by Gasteiger charge is -1.98. The van der Waals surface area contributed by atoms with Crippen LogP contribution >= 0.6 is 0 Å². The monoisotopic (exact) mass is 178 g/mol. The summed E-state index contributed by atoms with van der Waals surface area (Å²) >= 11 is 0. The van der Waals surface area contributed by atoms with E-state index in [1.165, 1.54) is 6.20 Å². The van der Waals surface area contributed by atoms with E-state index in [4.69, 9.17) is 5.26 Å². The number of nitriles is 1. The van der Waals surface area contributed by atoms with E-state index in [1.54, 1.807) is 6.07 Å². The summed E-state index contributed by atoms with van der Waals surface area (Å²) in [4.78, 5) is 17.6. The van der Waals surface area contributed by atoms with E-state index in [2.05, 4.69) is 15.3 Å². The third kappa shape index (κ3) is 2.39. The van der Waals surface area contributed by atoms with Crippen molar-refractivity contribution in [3.63, 3.8) is 0 Å². The van der Waals surface area contributed by atoms with Crippen LogP contribution in [0.15, 0.2) is 11.0 Å². The van der Waals surface area contributed by atoms with Crippen molar-refractivity contribution in [2.75, 3.05) is 13.6 Å². The largest absolute Gasteiger partial charge is 0.319 e. The Balaban J connectivity index is 2.85. The molecule has 0 atom stereocenters. The quantitative estimate of drug-likeness (QED) is 0.647. The molecule has 0 aliphatic carbocycles. The first-order chi connectivity index (χ1) is 6.27. The Morgan fingerprint density at radius 3 is 3.08 bits per heavy atom. The van der Waals surface area contributed by atoms with E-state index in [-0.39, 0.29) is 11.1 Å². The maximum Gasteiger partial charge on any atom is 0.268 e. The minimum atomic E-state index is -0.372. The SMILES string of the molecule is CNCCc1ncc(C#N)c(=O)[nH]1. The van der Waals surface area contributed by atoms with Gasteiger partial charge < -0.3 is 10.3 Å². The van der Waals surface area contributed by atoms with Gasteiger partial charge in [0.2, 0.25) is 0 Å². The Bertz CT molecular complexity index is 376. The summed E-state index contributed by atoms with van der Waals surface area (Å²) in [6.07, 6.45) is 1.95. The highest BCUT2D eigenvalue weighted by Crippen LogP contribution is 1.88. The molecule has 0 spiro atoms. The predicted octanol–water partition coefficient (Wildman–Crippen LogP) is -0.597. The van der Waals surface area contributed by atoms with E-state index in [1.807, 2.05) is 7.05 Å². The zero-order valence-electron chi connectivity index (χ0n) is 7.29. The minimum absolute atomic E-state index is 0.0493. The number of nitrogens with zero attached hydrogens (tertiary/aromatic N) is 2. The highest BCUT2D eigenvalue weighted by Gasteiger charge is 2.00. The third-order valence-electron chi connectivity index (χ3n) is 1.58. The number of hydrogen-bond donors (Lipinski definition) is 2. The maximum absolute atomic E-state index is 11.1. The normalized spacial score (nSPS) is 9.54. The van der Waals surface area contributed by atoms with Crippen LogP contribution in [0.25, 0.3) is 0 Å². The van der Waals surface area contributed by atoms with Crippen molar-refractivity contribution in [1.29, 1.82) is 5.26 Å². The second kappa shape index (κ2) is 4.38. The van der Waals surface area contributed by atoms with Crippen LogP contribution in [0.1, 0.15) is 11.4 Å². The fourth-order valence-corrected chi connectivity index (χ4v) is 0.882. The molecule has 0 saturated heterocycles. The van der Waals surface area contributed by atoms with E-state index in [0.717, 1.165) is 6.54 Å². The average molecular weight is 178 g/mol. The fourth-order valence-electron chi connectivity index (χ4n) is 0.882. The van der Waals surface area contributed by atoms with E-state index in [0.29, 0.717) is 12.2 Å². The maximum atomic E-state index is 11.1. The molecule has 0 unspecified atom stereocenters. The van der Waals surface area contributed by atoms with Crippen molar-refractivity contribution in [2.45, 2.75) is 6.42 Å². The lowest BCUT2D eigenvalue weighted by molar-refractivity contribution is 0.750. The van der Waals surface area contributed by atoms with Crippen LogP contribution in [0.3, 0.4) is 0 Å². The van der Waals surface area contributed by atoms with Crippen LogP contribution in [0.5, 0.6) is 0 Å². The summed E-state index contributed by atoms with van der Waals surface area (Å²) in [6.45, 7) is 0.745. The van der Waals surface area contributed by atoms with Crippen molar-refractivity contribution in [2.24, 2.45) is 0 Å². The van der Waals surface area contributed by atoms with Crippen molar-refractivity contribution in [1.82, 2.24) is 15.3 Å². The molecular formula is C8H10N4O. The van der Waals surface area contributed by atoms with Gasteiger partial charge in [0.1, 0.15) is 17.5 Å². The smallest absolute Gasteiger partial charge is 0.268 e. The summed E-state index contributed by atoms with van der Waals surface area (Å²) in [5, 5.41) is 11.4. The van der Waals surface area contributed by atoms with Crippen LogP contribution in [0, 0.1) is 11.3 Å². The molecule has 68 valence electrons.